The maximum Gasteiger partial charge on any atom is 0.218 e. The van der Waals surface area contributed by atoms with Gasteiger partial charge in [-0.25, -0.2) is 4.98 Å². The van der Waals surface area contributed by atoms with Crippen molar-refractivity contribution in [3.63, 3.8) is 0 Å². The van der Waals surface area contributed by atoms with Crippen LogP contribution in [0.1, 0.15) is 52.8 Å². The van der Waals surface area contributed by atoms with Crippen LogP contribution in [-0.2, 0) is 11.2 Å². The van der Waals surface area contributed by atoms with E-state index in [4.69, 9.17) is 9.47 Å². The molecule has 0 aromatic carbocycles. The van der Waals surface area contributed by atoms with Crippen LogP contribution in [0.2, 0.25) is 0 Å². The Hall–Kier alpha value is -1.36. The minimum atomic E-state index is 0.286. The molecule has 0 bridgehead atoms. The Morgan fingerprint density at radius 3 is 2.62 bits per heavy atom. The lowest BCUT2D eigenvalue weighted by Gasteiger charge is -2.11. The maximum absolute atomic E-state index is 5.63. The van der Waals surface area contributed by atoms with Crippen molar-refractivity contribution in [3.8, 4) is 5.88 Å². The van der Waals surface area contributed by atoms with E-state index in [2.05, 4.69) is 29.1 Å². The average Bonchev–Trinajstić information content (AvgIpc) is 2.44. The monoisotopic (exact) mass is 295 g/mol. The van der Waals surface area contributed by atoms with Crippen LogP contribution in [0.3, 0.4) is 0 Å². The van der Waals surface area contributed by atoms with E-state index in [0.717, 1.165) is 50.5 Å². The van der Waals surface area contributed by atoms with Crippen molar-refractivity contribution in [3.05, 3.63) is 11.9 Å². The Labute approximate surface area is 128 Å². The first-order valence-corrected chi connectivity index (χ1v) is 8.01. The molecule has 5 nitrogen and oxygen atoms in total. The van der Waals surface area contributed by atoms with Gasteiger partial charge in [-0.15, -0.1) is 0 Å². The Morgan fingerprint density at radius 1 is 1.14 bits per heavy atom. The van der Waals surface area contributed by atoms with Crippen LogP contribution in [0.4, 0.5) is 5.82 Å². The van der Waals surface area contributed by atoms with E-state index in [9.17, 15) is 0 Å². The highest BCUT2D eigenvalue weighted by Gasteiger charge is 2.05. The molecule has 1 rings (SSSR count). The van der Waals surface area contributed by atoms with Gasteiger partial charge in [0.1, 0.15) is 11.6 Å². The zero-order valence-corrected chi connectivity index (χ0v) is 13.8. The van der Waals surface area contributed by atoms with E-state index in [1.165, 1.54) is 0 Å². The molecule has 1 heterocycles. The largest absolute Gasteiger partial charge is 0.478 e. The van der Waals surface area contributed by atoms with Crippen molar-refractivity contribution in [2.24, 2.45) is 0 Å². The molecular formula is C16H29N3O2. The molecule has 0 radical (unpaired) electrons. The van der Waals surface area contributed by atoms with E-state index in [0.29, 0.717) is 12.5 Å². The summed E-state index contributed by atoms with van der Waals surface area (Å²) in [6.07, 6.45) is 4.11. The summed E-state index contributed by atoms with van der Waals surface area (Å²) in [5.74, 6) is 2.34. The molecule has 0 spiro atoms. The van der Waals surface area contributed by atoms with Gasteiger partial charge in [0.25, 0.3) is 0 Å². The molecule has 5 heteroatoms. The fraction of sp³-hybridized carbons (Fsp3) is 0.750. The number of nitrogens with zero attached hydrogens (tertiary/aromatic N) is 2. The number of aromatic nitrogens is 2. The van der Waals surface area contributed by atoms with Gasteiger partial charge in [-0.2, -0.15) is 4.98 Å². The number of ether oxygens (including phenoxy) is 2. The predicted octanol–water partition coefficient (Wildman–Crippen LogP) is 3.44. The number of aryl methyl sites for hydroxylation is 1. The topological polar surface area (TPSA) is 56.3 Å². The predicted molar refractivity (Wildman–Crippen MR) is 86.0 cm³/mol. The minimum Gasteiger partial charge on any atom is -0.478 e. The van der Waals surface area contributed by atoms with Crippen LogP contribution in [0.25, 0.3) is 0 Å². The van der Waals surface area contributed by atoms with E-state index >= 15 is 0 Å². The van der Waals surface area contributed by atoms with Gasteiger partial charge in [-0.3, -0.25) is 0 Å². The Bertz CT molecular complexity index is 397. The van der Waals surface area contributed by atoms with Crippen molar-refractivity contribution in [1.29, 1.82) is 0 Å². The second kappa shape index (κ2) is 10.4. The third-order valence-electron chi connectivity index (χ3n) is 2.76. The molecule has 120 valence electrons. The van der Waals surface area contributed by atoms with Crippen molar-refractivity contribution in [2.75, 3.05) is 25.1 Å². The molecule has 0 saturated carbocycles. The highest BCUT2D eigenvalue weighted by molar-refractivity contribution is 5.38. The first-order chi connectivity index (χ1) is 10.2. The fourth-order valence-corrected chi connectivity index (χ4v) is 1.79. The molecule has 0 aliphatic heterocycles. The number of hydrogen-bond acceptors (Lipinski definition) is 5. The summed E-state index contributed by atoms with van der Waals surface area (Å²) in [5.41, 5.74) is 0. The van der Waals surface area contributed by atoms with Crippen molar-refractivity contribution in [2.45, 2.75) is 59.5 Å². The van der Waals surface area contributed by atoms with Gasteiger partial charge in [0.15, 0.2) is 0 Å². The van der Waals surface area contributed by atoms with Crippen LogP contribution in [0, 0.1) is 0 Å². The number of hydrogen-bond donors (Lipinski definition) is 1. The standard InChI is InChI=1S/C16H29N3O2/c1-5-8-14-18-15(12-16(19-14)21-10-6-2)17-9-7-11-20-13(3)4/h12-13H,5-11H2,1-4H3,(H,17,18,19). The first kappa shape index (κ1) is 17.7. The third-order valence-corrected chi connectivity index (χ3v) is 2.76. The molecule has 1 aromatic rings. The van der Waals surface area contributed by atoms with Crippen LogP contribution in [-0.4, -0.2) is 35.8 Å². The summed E-state index contributed by atoms with van der Waals surface area (Å²) in [6.45, 7) is 10.6. The van der Waals surface area contributed by atoms with Crippen molar-refractivity contribution >= 4 is 5.82 Å². The lowest BCUT2D eigenvalue weighted by atomic mass is 10.3. The van der Waals surface area contributed by atoms with Crippen molar-refractivity contribution < 1.29 is 9.47 Å². The highest BCUT2D eigenvalue weighted by atomic mass is 16.5. The molecule has 21 heavy (non-hydrogen) atoms. The third kappa shape index (κ3) is 7.85. The summed E-state index contributed by atoms with van der Waals surface area (Å²) in [6, 6.07) is 1.87. The van der Waals surface area contributed by atoms with Gasteiger partial charge in [0.2, 0.25) is 5.88 Å². The van der Waals surface area contributed by atoms with Gasteiger partial charge in [0, 0.05) is 25.6 Å². The molecule has 0 unspecified atom stereocenters. The maximum atomic E-state index is 5.63. The Balaban J connectivity index is 2.52. The van der Waals surface area contributed by atoms with Crippen molar-refractivity contribution in [1.82, 2.24) is 9.97 Å². The number of anilines is 1. The normalized spacial score (nSPS) is 10.9. The summed E-state index contributed by atoms with van der Waals surface area (Å²) in [5, 5.41) is 3.32. The van der Waals surface area contributed by atoms with E-state index < -0.39 is 0 Å². The molecule has 1 aromatic heterocycles. The Kier molecular flexibility index (Phi) is 8.74. The summed E-state index contributed by atoms with van der Waals surface area (Å²) in [4.78, 5) is 8.95. The molecule has 0 aliphatic rings. The highest BCUT2D eigenvalue weighted by Crippen LogP contribution is 2.15. The van der Waals surface area contributed by atoms with Gasteiger partial charge < -0.3 is 14.8 Å². The lowest BCUT2D eigenvalue weighted by molar-refractivity contribution is 0.0787. The minimum absolute atomic E-state index is 0.286. The quantitative estimate of drug-likeness (QED) is 0.634. The van der Waals surface area contributed by atoms with Gasteiger partial charge in [0.05, 0.1) is 12.7 Å². The molecule has 0 atom stereocenters. The number of rotatable bonds is 11. The molecule has 0 saturated heterocycles. The van der Waals surface area contributed by atoms with Crippen LogP contribution < -0.4 is 10.1 Å². The van der Waals surface area contributed by atoms with E-state index in [-0.39, 0.29) is 6.10 Å². The molecule has 0 amide bonds. The van der Waals surface area contributed by atoms with Crippen LogP contribution >= 0.6 is 0 Å². The lowest BCUT2D eigenvalue weighted by Crippen LogP contribution is -2.11. The fourth-order valence-electron chi connectivity index (χ4n) is 1.79. The van der Waals surface area contributed by atoms with Gasteiger partial charge >= 0.3 is 0 Å². The zero-order valence-electron chi connectivity index (χ0n) is 13.8. The smallest absolute Gasteiger partial charge is 0.218 e. The molecule has 1 N–H and O–H groups in total. The van der Waals surface area contributed by atoms with Gasteiger partial charge in [-0.1, -0.05) is 13.8 Å². The van der Waals surface area contributed by atoms with E-state index in [1.54, 1.807) is 0 Å². The van der Waals surface area contributed by atoms with Crippen LogP contribution in [0.15, 0.2) is 6.07 Å². The summed E-state index contributed by atoms with van der Waals surface area (Å²) >= 11 is 0. The molecular weight excluding hydrogens is 266 g/mol. The second-order valence-corrected chi connectivity index (χ2v) is 5.31. The first-order valence-electron chi connectivity index (χ1n) is 8.01. The van der Waals surface area contributed by atoms with Crippen LogP contribution in [0.5, 0.6) is 5.88 Å². The molecule has 0 fully saturated rings. The zero-order chi connectivity index (χ0) is 15.5. The van der Waals surface area contributed by atoms with Gasteiger partial charge in [-0.05, 0) is 33.1 Å². The second-order valence-electron chi connectivity index (χ2n) is 5.31. The average molecular weight is 295 g/mol. The molecule has 0 aliphatic carbocycles. The summed E-state index contributed by atoms with van der Waals surface area (Å²) < 4.78 is 11.1. The SMILES string of the molecule is CCCOc1cc(NCCCOC(C)C)nc(CCC)n1. The Morgan fingerprint density at radius 2 is 1.95 bits per heavy atom. The number of nitrogens with one attached hydrogen (secondary N) is 1. The summed E-state index contributed by atoms with van der Waals surface area (Å²) in [7, 11) is 0. The van der Waals surface area contributed by atoms with E-state index in [1.807, 2.05) is 19.9 Å².